The molecule has 5 nitrogen and oxygen atoms in total. The van der Waals surface area contributed by atoms with Crippen molar-refractivity contribution in [2.45, 2.75) is 11.8 Å². The first-order valence-electron chi connectivity index (χ1n) is 4.53. The van der Waals surface area contributed by atoms with Crippen molar-refractivity contribution in [2.24, 2.45) is 0 Å². The molecule has 1 fully saturated rings. The van der Waals surface area contributed by atoms with Crippen LogP contribution in [0.15, 0.2) is 12.4 Å². The van der Waals surface area contributed by atoms with E-state index < -0.39 is 0 Å². The smallest absolute Gasteiger partial charge is 0.228 e. The lowest BCUT2D eigenvalue weighted by Crippen LogP contribution is -2.26. The third-order valence-corrected chi connectivity index (χ3v) is 2.66. The van der Waals surface area contributed by atoms with E-state index in [1.165, 1.54) is 17.3 Å². The molecule has 1 saturated heterocycles. The Morgan fingerprint density at radius 3 is 2.80 bits per heavy atom. The number of rotatable bonds is 1. The minimum Gasteiger partial charge on any atom is -0.396 e. The highest BCUT2D eigenvalue weighted by atomic mass is 35.5. The molecular formula is C9H11ClN4O. The van der Waals surface area contributed by atoms with Gasteiger partial charge in [-0.2, -0.15) is 0 Å². The summed E-state index contributed by atoms with van der Waals surface area (Å²) in [4.78, 5) is 17.0. The van der Waals surface area contributed by atoms with Gasteiger partial charge in [-0.25, -0.2) is 0 Å². The third kappa shape index (κ3) is 1.70. The number of nitrogen functional groups attached to an aromatic ring is 2. The van der Waals surface area contributed by atoms with Gasteiger partial charge in [0.1, 0.15) is 0 Å². The Morgan fingerprint density at radius 2 is 2.20 bits per heavy atom. The second kappa shape index (κ2) is 3.58. The minimum atomic E-state index is -0.168. The largest absolute Gasteiger partial charge is 0.396 e. The summed E-state index contributed by atoms with van der Waals surface area (Å²) in [5.74, 6) is -0.0471. The van der Waals surface area contributed by atoms with Gasteiger partial charge in [-0.1, -0.05) is 0 Å². The van der Waals surface area contributed by atoms with Crippen molar-refractivity contribution in [2.75, 3.05) is 22.9 Å². The molecule has 0 bridgehead atoms. The van der Waals surface area contributed by atoms with E-state index in [1.54, 1.807) is 0 Å². The first-order chi connectivity index (χ1) is 7.09. The van der Waals surface area contributed by atoms with Crippen molar-refractivity contribution in [3.05, 3.63) is 12.4 Å². The number of hydrogen-bond acceptors (Lipinski definition) is 4. The van der Waals surface area contributed by atoms with E-state index >= 15 is 0 Å². The molecule has 0 radical (unpaired) electrons. The molecule has 1 aliphatic heterocycles. The fraction of sp³-hybridized carbons (Fsp3) is 0.333. The van der Waals surface area contributed by atoms with Crippen LogP contribution in [0.25, 0.3) is 0 Å². The van der Waals surface area contributed by atoms with Crippen LogP contribution < -0.4 is 16.4 Å². The summed E-state index contributed by atoms with van der Waals surface area (Å²) in [5, 5.41) is -0.168. The summed E-state index contributed by atoms with van der Waals surface area (Å²) in [7, 11) is 0. The van der Waals surface area contributed by atoms with Crippen molar-refractivity contribution in [3.63, 3.8) is 0 Å². The Labute approximate surface area is 92.0 Å². The van der Waals surface area contributed by atoms with Crippen LogP contribution in [0.3, 0.4) is 0 Å². The predicted octanol–water partition coefficient (Wildman–Crippen LogP) is 0.590. The number of carbonyl (C=O) groups is 1. The summed E-state index contributed by atoms with van der Waals surface area (Å²) >= 11 is 5.89. The SMILES string of the molecule is Nc1cncc(N2CC(Cl)CC2=O)c1N. The van der Waals surface area contributed by atoms with Gasteiger partial charge in [0.05, 0.1) is 34.8 Å². The van der Waals surface area contributed by atoms with Crippen LogP contribution >= 0.6 is 11.6 Å². The zero-order chi connectivity index (χ0) is 11.0. The highest BCUT2D eigenvalue weighted by Crippen LogP contribution is 2.31. The summed E-state index contributed by atoms with van der Waals surface area (Å²) in [6, 6.07) is 0. The van der Waals surface area contributed by atoms with Crippen LogP contribution in [0.2, 0.25) is 0 Å². The van der Waals surface area contributed by atoms with E-state index in [9.17, 15) is 4.79 Å². The molecule has 0 saturated carbocycles. The highest BCUT2D eigenvalue weighted by molar-refractivity contribution is 6.24. The Kier molecular flexibility index (Phi) is 2.40. The number of halogens is 1. The molecule has 15 heavy (non-hydrogen) atoms. The Morgan fingerprint density at radius 1 is 1.47 bits per heavy atom. The molecule has 2 heterocycles. The fourth-order valence-electron chi connectivity index (χ4n) is 1.59. The maximum atomic E-state index is 11.6. The van der Waals surface area contributed by atoms with Crippen molar-refractivity contribution < 1.29 is 4.79 Å². The predicted molar refractivity (Wildman–Crippen MR) is 59.7 cm³/mol. The molecule has 1 amide bonds. The zero-order valence-corrected chi connectivity index (χ0v) is 8.74. The Hall–Kier alpha value is -1.49. The monoisotopic (exact) mass is 226 g/mol. The number of nitrogens with zero attached hydrogens (tertiary/aromatic N) is 2. The van der Waals surface area contributed by atoms with Gasteiger partial charge in [0.25, 0.3) is 0 Å². The maximum absolute atomic E-state index is 11.6. The average Bonchev–Trinajstić information content (AvgIpc) is 2.50. The number of amides is 1. The number of anilines is 3. The number of aromatic nitrogens is 1. The second-order valence-corrected chi connectivity index (χ2v) is 4.08. The van der Waals surface area contributed by atoms with Gasteiger partial charge in [0.15, 0.2) is 0 Å². The highest BCUT2D eigenvalue weighted by Gasteiger charge is 2.30. The number of alkyl halides is 1. The van der Waals surface area contributed by atoms with E-state index in [-0.39, 0.29) is 11.3 Å². The van der Waals surface area contributed by atoms with Crippen molar-refractivity contribution in [1.82, 2.24) is 4.98 Å². The lowest BCUT2D eigenvalue weighted by Gasteiger charge is -2.18. The van der Waals surface area contributed by atoms with Crippen LogP contribution in [0.1, 0.15) is 6.42 Å². The molecule has 4 N–H and O–H groups in total. The number of hydrogen-bond donors (Lipinski definition) is 2. The summed E-state index contributed by atoms with van der Waals surface area (Å²) in [6.45, 7) is 0.454. The van der Waals surface area contributed by atoms with Crippen LogP contribution in [0, 0.1) is 0 Å². The molecule has 2 rings (SSSR count). The minimum absolute atomic E-state index is 0.0471. The number of carbonyl (C=O) groups excluding carboxylic acids is 1. The van der Waals surface area contributed by atoms with E-state index in [4.69, 9.17) is 23.1 Å². The van der Waals surface area contributed by atoms with Gasteiger partial charge in [0, 0.05) is 13.0 Å². The first kappa shape index (κ1) is 10.0. The van der Waals surface area contributed by atoms with Gasteiger partial charge in [0.2, 0.25) is 5.91 Å². The molecule has 1 aliphatic rings. The van der Waals surface area contributed by atoms with E-state index in [2.05, 4.69) is 4.98 Å². The van der Waals surface area contributed by atoms with Crippen LogP contribution in [0.4, 0.5) is 17.1 Å². The molecule has 1 unspecified atom stereocenters. The zero-order valence-electron chi connectivity index (χ0n) is 7.98. The van der Waals surface area contributed by atoms with Gasteiger partial charge >= 0.3 is 0 Å². The van der Waals surface area contributed by atoms with Gasteiger partial charge in [-0.05, 0) is 0 Å². The maximum Gasteiger partial charge on any atom is 0.228 e. The number of pyridine rings is 1. The molecule has 1 aromatic heterocycles. The van der Waals surface area contributed by atoms with Crippen LogP contribution in [-0.4, -0.2) is 22.8 Å². The van der Waals surface area contributed by atoms with Gasteiger partial charge in [-0.3, -0.25) is 9.78 Å². The number of nitrogens with two attached hydrogens (primary N) is 2. The molecule has 0 aromatic carbocycles. The second-order valence-electron chi connectivity index (χ2n) is 3.47. The standard InChI is InChI=1S/C9H11ClN4O/c10-5-1-8(15)14(4-5)7-3-13-2-6(11)9(7)12/h2-3,5H,1,4,11H2,(H2,12,13). The molecule has 0 spiro atoms. The average molecular weight is 227 g/mol. The van der Waals surface area contributed by atoms with E-state index in [0.29, 0.717) is 30.0 Å². The van der Waals surface area contributed by atoms with Crippen molar-refractivity contribution in [3.8, 4) is 0 Å². The quantitative estimate of drug-likeness (QED) is 0.687. The lowest BCUT2D eigenvalue weighted by molar-refractivity contribution is -0.117. The Balaban J connectivity index is 2.38. The van der Waals surface area contributed by atoms with Crippen LogP contribution in [-0.2, 0) is 4.79 Å². The fourth-order valence-corrected chi connectivity index (χ4v) is 1.86. The molecule has 1 aromatic rings. The summed E-state index contributed by atoms with van der Waals surface area (Å²) in [6.07, 6.45) is 3.31. The summed E-state index contributed by atoms with van der Waals surface area (Å²) in [5.41, 5.74) is 12.7. The van der Waals surface area contributed by atoms with E-state index in [0.717, 1.165) is 0 Å². The van der Waals surface area contributed by atoms with E-state index in [1.807, 2.05) is 0 Å². The Bertz CT molecular complexity index is 409. The van der Waals surface area contributed by atoms with Crippen molar-refractivity contribution >= 4 is 34.6 Å². The lowest BCUT2D eigenvalue weighted by atomic mass is 10.3. The topological polar surface area (TPSA) is 85.2 Å². The third-order valence-electron chi connectivity index (χ3n) is 2.37. The summed E-state index contributed by atoms with van der Waals surface area (Å²) < 4.78 is 0. The molecule has 6 heteroatoms. The molecule has 0 aliphatic carbocycles. The normalized spacial score (nSPS) is 21.0. The molecular weight excluding hydrogens is 216 g/mol. The van der Waals surface area contributed by atoms with Gasteiger partial charge in [-0.15, -0.1) is 11.6 Å². The first-order valence-corrected chi connectivity index (χ1v) is 4.96. The van der Waals surface area contributed by atoms with Gasteiger partial charge < -0.3 is 16.4 Å². The molecule has 80 valence electrons. The molecule has 1 atom stereocenters. The van der Waals surface area contributed by atoms with Crippen molar-refractivity contribution in [1.29, 1.82) is 0 Å². The van der Waals surface area contributed by atoms with Crippen LogP contribution in [0.5, 0.6) is 0 Å².